The van der Waals surface area contributed by atoms with Crippen LogP contribution in [-0.2, 0) is 17.5 Å². The molecule has 0 amide bonds. The normalized spacial score (nSPS) is 20.8. The third-order valence-electron chi connectivity index (χ3n) is 4.61. The van der Waals surface area contributed by atoms with Crippen LogP contribution in [0, 0.1) is 0 Å². The molecule has 1 aliphatic rings. The lowest BCUT2D eigenvalue weighted by molar-refractivity contribution is -0.0176. The molecule has 1 fully saturated rings. The zero-order chi connectivity index (χ0) is 17.0. The van der Waals surface area contributed by atoms with Crippen LogP contribution in [-0.4, -0.2) is 25.4 Å². The van der Waals surface area contributed by atoms with E-state index < -0.39 is 8.32 Å². The SMILES string of the molecule is C[Si](C)(C)OC1CCC1N(Cc1ccccc1)Cc1ccccc1. The van der Waals surface area contributed by atoms with Crippen molar-refractivity contribution in [3.63, 3.8) is 0 Å². The lowest BCUT2D eigenvalue weighted by Gasteiger charge is -2.46. The number of hydrogen-bond donors (Lipinski definition) is 0. The van der Waals surface area contributed by atoms with Gasteiger partial charge in [-0.1, -0.05) is 60.7 Å². The summed E-state index contributed by atoms with van der Waals surface area (Å²) in [5, 5.41) is 0. The van der Waals surface area contributed by atoms with Crippen LogP contribution in [0.3, 0.4) is 0 Å². The Kier molecular flexibility index (Phi) is 5.54. The average molecular weight is 340 g/mol. The number of nitrogens with zero attached hydrogens (tertiary/aromatic N) is 1. The topological polar surface area (TPSA) is 12.5 Å². The Morgan fingerprint density at radius 1 is 0.833 bits per heavy atom. The Hall–Kier alpha value is -1.42. The summed E-state index contributed by atoms with van der Waals surface area (Å²) in [6.07, 6.45) is 2.85. The molecule has 2 aromatic carbocycles. The first-order valence-electron chi connectivity index (χ1n) is 9.01. The van der Waals surface area contributed by atoms with Gasteiger partial charge in [0.05, 0.1) is 6.10 Å². The minimum absolute atomic E-state index is 0.407. The molecule has 2 aromatic rings. The van der Waals surface area contributed by atoms with Gasteiger partial charge in [0.1, 0.15) is 0 Å². The van der Waals surface area contributed by atoms with Gasteiger partial charge >= 0.3 is 0 Å². The molecule has 0 aromatic heterocycles. The van der Waals surface area contributed by atoms with E-state index in [2.05, 4.69) is 85.2 Å². The Labute approximate surface area is 147 Å². The fourth-order valence-electron chi connectivity index (χ4n) is 3.39. The average Bonchev–Trinajstić information content (AvgIpc) is 2.53. The van der Waals surface area contributed by atoms with Gasteiger partial charge in [0, 0.05) is 19.1 Å². The van der Waals surface area contributed by atoms with Gasteiger partial charge in [0.2, 0.25) is 0 Å². The van der Waals surface area contributed by atoms with Crippen LogP contribution in [0.4, 0.5) is 0 Å². The van der Waals surface area contributed by atoms with Crippen LogP contribution in [0.25, 0.3) is 0 Å². The molecule has 0 heterocycles. The molecule has 1 aliphatic carbocycles. The van der Waals surface area contributed by atoms with Gasteiger partial charge in [-0.3, -0.25) is 4.90 Å². The molecule has 2 atom stereocenters. The maximum Gasteiger partial charge on any atom is 0.184 e. The molecular weight excluding hydrogens is 310 g/mol. The molecule has 3 rings (SSSR count). The van der Waals surface area contributed by atoms with E-state index in [1.807, 2.05) is 0 Å². The van der Waals surface area contributed by atoms with Crippen molar-refractivity contribution in [3.8, 4) is 0 Å². The van der Waals surface area contributed by atoms with Crippen molar-refractivity contribution < 1.29 is 4.43 Å². The smallest absolute Gasteiger partial charge is 0.184 e. The molecule has 0 radical (unpaired) electrons. The van der Waals surface area contributed by atoms with Crippen LogP contribution in [0.2, 0.25) is 19.6 Å². The van der Waals surface area contributed by atoms with Gasteiger partial charge in [-0.25, -0.2) is 0 Å². The summed E-state index contributed by atoms with van der Waals surface area (Å²) in [6, 6.07) is 22.2. The van der Waals surface area contributed by atoms with Crippen LogP contribution >= 0.6 is 0 Å². The second kappa shape index (κ2) is 7.64. The van der Waals surface area contributed by atoms with Crippen molar-refractivity contribution in [3.05, 3.63) is 71.8 Å². The summed E-state index contributed by atoms with van der Waals surface area (Å²) in [4.78, 5) is 2.61. The Morgan fingerprint density at radius 2 is 1.33 bits per heavy atom. The molecule has 2 nitrogen and oxygen atoms in total. The van der Waals surface area contributed by atoms with Crippen molar-refractivity contribution in [1.82, 2.24) is 4.90 Å². The van der Waals surface area contributed by atoms with Crippen molar-refractivity contribution in [2.24, 2.45) is 0 Å². The summed E-state index contributed by atoms with van der Waals surface area (Å²) < 4.78 is 6.44. The standard InChI is InChI=1S/C21H29NOSi/c1-24(2,3)23-21-15-14-20(21)22(16-18-10-6-4-7-11-18)17-19-12-8-5-9-13-19/h4-13,20-21H,14-17H2,1-3H3. The summed E-state index contributed by atoms with van der Waals surface area (Å²) in [5.41, 5.74) is 2.76. The number of rotatable bonds is 7. The maximum atomic E-state index is 6.44. The van der Waals surface area contributed by atoms with E-state index >= 15 is 0 Å². The van der Waals surface area contributed by atoms with Gasteiger partial charge in [0.15, 0.2) is 8.32 Å². The molecular formula is C21H29NOSi. The largest absolute Gasteiger partial charge is 0.413 e. The van der Waals surface area contributed by atoms with E-state index in [4.69, 9.17) is 4.43 Å². The van der Waals surface area contributed by atoms with Crippen LogP contribution in [0.15, 0.2) is 60.7 Å². The zero-order valence-electron chi connectivity index (χ0n) is 15.1. The fourth-order valence-corrected chi connectivity index (χ4v) is 4.57. The molecule has 0 N–H and O–H groups in total. The lowest BCUT2D eigenvalue weighted by Crippen LogP contribution is -2.54. The van der Waals surface area contributed by atoms with Crippen molar-refractivity contribution in [2.45, 2.75) is 57.7 Å². The predicted molar refractivity (Wildman–Crippen MR) is 103 cm³/mol. The second-order valence-electron chi connectivity index (χ2n) is 7.79. The van der Waals surface area contributed by atoms with Crippen LogP contribution < -0.4 is 0 Å². The molecule has 0 spiro atoms. The molecule has 24 heavy (non-hydrogen) atoms. The predicted octanol–water partition coefficient (Wildman–Crippen LogP) is 5.07. The van der Waals surface area contributed by atoms with E-state index in [-0.39, 0.29) is 0 Å². The van der Waals surface area contributed by atoms with Crippen molar-refractivity contribution in [2.75, 3.05) is 0 Å². The second-order valence-corrected chi connectivity index (χ2v) is 12.3. The van der Waals surface area contributed by atoms with Gasteiger partial charge in [-0.15, -0.1) is 0 Å². The van der Waals surface area contributed by atoms with E-state index in [0.717, 1.165) is 13.1 Å². The molecule has 0 saturated heterocycles. The highest BCUT2D eigenvalue weighted by Gasteiger charge is 2.38. The van der Waals surface area contributed by atoms with Crippen molar-refractivity contribution >= 4 is 8.32 Å². The Morgan fingerprint density at radius 3 is 1.71 bits per heavy atom. The minimum atomic E-state index is -1.49. The Balaban J connectivity index is 1.74. The third kappa shape index (κ3) is 4.79. The minimum Gasteiger partial charge on any atom is -0.413 e. The molecule has 2 unspecified atom stereocenters. The van der Waals surface area contributed by atoms with Gasteiger partial charge in [-0.2, -0.15) is 0 Å². The van der Waals surface area contributed by atoms with Gasteiger partial charge < -0.3 is 4.43 Å². The highest BCUT2D eigenvalue weighted by molar-refractivity contribution is 6.69. The lowest BCUT2D eigenvalue weighted by atomic mass is 9.87. The van der Waals surface area contributed by atoms with Gasteiger partial charge in [0.25, 0.3) is 0 Å². The maximum absolute atomic E-state index is 6.44. The first-order valence-corrected chi connectivity index (χ1v) is 12.4. The molecule has 0 aliphatic heterocycles. The molecule has 1 saturated carbocycles. The monoisotopic (exact) mass is 339 g/mol. The van der Waals surface area contributed by atoms with Gasteiger partial charge in [-0.05, 0) is 43.6 Å². The fraction of sp³-hybridized carbons (Fsp3) is 0.429. The zero-order valence-corrected chi connectivity index (χ0v) is 16.1. The molecule has 3 heteroatoms. The van der Waals surface area contributed by atoms with E-state index in [1.165, 1.54) is 24.0 Å². The number of hydrogen-bond acceptors (Lipinski definition) is 2. The van der Waals surface area contributed by atoms with E-state index in [1.54, 1.807) is 0 Å². The Bertz CT molecular complexity index is 582. The highest BCUT2D eigenvalue weighted by Crippen LogP contribution is 2.33. The summed E-state index contributed by atoms with van der Waals surface area (Å²) in [6.45, 7) is 8.86. The molecule has 128 valence electrons. The van der Waals surface area contributed by atoms with Crippen LogP contribution in [0.1, 0.15) is 24.0 Å². The van der Waals surface area contributed by atoms with E-state index in [9.17, 15) is 0 Å². The number of benzene rings is 2. The first kappa shape index (κ1) is 17.4. The van der Waals surface area contributed by atoms with E-state index in [0.29, 0.717) is 12.1 Å². The van der Waals surface area contributed by atoms with Crippen molar-refractivity contribution in [1.29, 1.82) is 0 Å². The third-order valence-corrected chi connectivity index (χ3v) is 5.62. The summed E-state index contributed by atoms with van der Waals surface area (Å²) in [7, 11) is -1.49. The van der Waals surface area contributed by atoms with Crippen LogP contribution in [0.5, 0.6) is 0 Å². The highest BCUT2D eigenvalue weighted by atomic mass is 28.4. The summed E-state index contributed by atoms with van der Waals surface area (Å²) >= 11 is 0. The summed E-state index contributed by atoms with van der Waals surface area (Å²) in [5.74, 6) is 0. The quantitative estimate of drug-likeness (QED) is 0.653. The first-order chi connectivity index (χ1) is 11.5. The molecule has 0 bridgehead atoms.